The number of aromatic nitrogens is 5. The van der Waals surface area contributed by atoms with E-state index in [-0.39, 0.29) is 6.54 Å². The number of carboxylic acid groups (broad SMARTS) is 1. The summed E-state index contributed by atoms with van der Waals surface area (Å²) < 4.78 is 1.71. The molecule has 10 heteroatoms. The van der Waals surface area contributed by atoms with Gasteiger partial charge in [0.2, 0.25) is 5.16 Å². The molecule has 0 unspecified atom stereocenters. The average molecular weight is 292 g/mol. The van der Waals surface area contributed by atoms with Gasteiger partial charge in [-0.1, -0.05) is 23.4 Å². The first-order valence-corrected chi connectivity index (χ1v) is 6.54. The van der Waals surface area contributed by atoms with Crippen LogP contribution in [0, 0.1) is 0 Å². The highest BCUT2D eigenvalue weighted by Gasteiger charge is 2.10. The first-order valence-electron chi connectivity index (χ1n) is 4.36. The van der Waals surface area contributed by atoms with Crippen LogP contribution in [0.1, 0.15) is 4.88 Å². The summed E-state index contributed by atoms with van der Waals surface area (Å²) in [6, 6.07) is 0. The first-order chi connectivity index (χ1) is 8.15. The zero-order chi connectivity index (χ0) is 12.3. The Labute approximate surface area is 109 Å². The van der Waals surface area contributed by atoms with Crippen LogP contribution in [0.2, 0.25) is 4.47 Å². The second-order valence-corrected chi connectivity index (χ2v) is 5.52. The van der Waals surface area contributed by atoms with Gasteiger partial charge in [0, 0.05) is 16.8 Å². The maximum atomic E-state index is 10.5. The highest BCUT2D eigenvalue weighted by atomic mass is 35.5. The Hall–Kier alpha value is -1.19. The van der Waals surface area contributed by atoms with E-state index in [1.807, 2.05) is 0 Å². The van der Waals surface area contributed by atoms with E-state index < -0.39 is 5.97 Å². The molecule has 0 amide bonds. The van der Waals surface area contributed by atoms with Gasteiger partial charge in [-0.05, 0) is 10.4 Å². The van der Waals surface area contributed by atoms with Crippen LogP contribution in [0.3, 0.4) is 0 Å². The smallest absolute Gasteiger partial charge is 0.325 e. The fourth-order valence-electron chi connectivity index (χ4n) is 1.01. The molecule has 0 saturated heterocycles. The number of nitrogens with zero attached hydrogens (tertiary/aromatic N) is 5. The molecule has 0 aliphatic heterocycles. The third kappa shape index (κ3) is 3.38. The maximum Gasteiger partial charge on any atom is 0.325 e. The van der Waals surface area contributed by atoms with Gasteiger partial charge in [0.25, 0.3) is 0 Å². The number of hydrogen-bond donors (Lipinski definition) is 1. The number of carbonyl (C=O) groups is 1. The lowest BCUT2D eigenvalue weighted by molar-refractivity contribution is -0.138. The summed E-state index contributed by atoms with van der Waals surface area (Å²) in [6.07, 6.45) is 1.67. The Morgan fingerprint density at radius 3 is 3.12 bits per heavy atom. The van der Waals surface area contributed by atoms with Crippen LogP contribution in [-0.2, 0) is 17.1 Å². The number of rotatable bonds is 5. The zero-order valence-corrected chi connectivity index (χ0v) is 10.7. The van der Waals surface area contributed by atoms with Gasteiger partial charge in [-0.3, -0.25) is 4.79 Å². The first kappa shape index (κ1) is 12.3. The van der Waals surface area contributed by atoms with Crippen LogP contribution >= 0.6 is 34.7 Å². The van der Waals surface area contributed by atoms with Crippen LogP contribution < -0.4 is 0 Å². The van der Waals surface area contributed by atoms with Crippen molar-refractivity contribution in [3.05, 3.63) is 15.5 Å². The van der Waals surface area contributed by atoms with Crippen LogP contribution in [0.25, 0.3) is 0 Å². The normalized spacial score (nSPS) is 10.6. The molecule has 0 spiro atoms. The van der Waals surface area contributed by atoms with Crippen molar-refractivity contribution in [1.29, 1.82) is 0 Å². The van der Waals surface area contributed by atoms with Crippen molar-refractivity contribution in [2.45, 2.75) is 17.5 Å². The lowest BCUT2D eigenvalue weighted by atomic mass is 10.6. The molecule has 2 heterocycles. The molecule has 7 nitrogen and oxygen atoms in total. The Bertz CT molecular complexity index is 528. The van der Waals surface area contributed by atoms with Gasteiger partial charge in [-0.15, -0.1) is 16.4 Å². The molecule has 0 atom stereocenters. The minimum Gasteiger partial charge on any atom is -0.480 e. The van der Waals surface area contributed by atoms with Crippen molar-refractivity contribution in [2.75, 3.05) is 0 Å². The van der Waals surface area contributed by atoms with Gasteiger partial charge in [0.15, 0.2) is 4.47 Å². The van der Waals surface area contributed by atoms with Crippen molar-refractivity contribution in [3.63, 3.8) is 0 Å². The van der Waals surface area contributed by atoms with Crippen molar-refractivity contribution >= 4 is 40.7 Å². The molecule has 0 aliphatic carbocycles. The number of aliphatic carboxylic acids is 1. The van der Waals surface area contributed by atoms with Crippen molar-refractivity contribution in [3.8, 4) is 0 Å². The zero-order valence-electron chi connectivity index (χ0n) is 8.28. The van der Waals surface area contributed by atoms with E-state index >= 15 is 0 Å². The van der Waals surface area contributed by atoms with E-state index in [0.717, 1.165) is 4.88 Å². The fraction of sp³-hybridized carbons (Fsp3) is 0.286. The van der Waals surface area contributed by atoms with Crippen LogP contribution in [0.15, 0.2) is 11.4 Å². The summed E-state index contributed by atoms with van der Waals surface area (Å²) in [6.45, 7) is -0.251. The van der Waals surface area contributed by atoms with Gasteiger partial charge in [-0.2, -0.15) is 0 Å². The van der Waals surface area contributed by atoms with E-state index in [1.165, 1.54) is 27.8 Å². The molecule has 1 N–H and O–H groups in total. The van der Waals surface area contributed by atoms with Crippen LogP contribution in [0.5, 0.6) is 0 Å². The molecular weight excluding hydrogens is 286 g/mol. The van der Waals surface area contributed by atoms with Crippen molar-refractivity contribution in [2.24, 2.45) is 0 Å². The molecule has 2 rings (SSSR count). The summed E-state index contributed by atoms with van der Waals surface area (Å²) in [4.78, 5) is 15.4. The molecule has 17 heavy (non-hydrogen) atoms. The summed E-state index contributed by atoms with van der Waals surface area (Å²) in [5.74, 6) is -0.385. The van der Waals surface area contributed by atoms with Gasteiger partial charge < -0.3 is 5.11 Å². The summed E-state index contributed by atoms with van der Waals surface area (Å²) >= 11 is 8.40. The molecule has 0 aliphatic rings. The molecule has 0 bridgehead atoms. The monoisotopic (exact) mass is 291 g/mol. The van der Waals surface area contributed by atoms with Gasteiger partial charge in [0.05, 0.1) is 0 Å². The Kier molecular flexibility index (Phi) is 3.92. The standard InChI is InChI=1S/C7H6ClN5O2S2/c8-6-9-1-4(17-6)3-16-7-10-11-12-13(7)2-5(14)15/h1H,2-3H2,(H,14,15). The topological polar surface area (TPSA) is 93.8 Å². The Balaban J connectivity index is 1.99. The molecule has 0 fully saturated rings. The Morgan fingerprint density at radius 1 is 1.65 bits per heavy atom. The van der Waals surface area contributed by atoms with Gasteiger partial charge in [0.1, 0.15) is 6.54 Å². The molecule has 0 saturated carbocycles. The average Bonchev–Trinajstić information content (AvgIpc) is 2.84. The fourth-order valence-corrected chi connectivity index (χ4v) is 2.89. The molecule has 0 radical (unpaired) electrons. The third-order valence-corrected chi connectivity index (χ3v) is 3.96. The molecule has 0 aromatic carbocycles. The van der Waals surface area contributed by atoms with Gasteiger partial charge >= 0.3 is 5.97 Å². The summed E-state index contributed by atoms with van der Waals surface area (Å²) in [5, 5.41) is 19.9. The second-order valence-electron chi connectivity index (χ2n) is 2.88. The summed E-state index contributed by atoms with van der Waals surface area (Å²) in [5.41, 5.74) is 0. The second kappa shape index (κ2) is 5.43. The lowest BCUT2D eigenvalue weighted by Crippen LogP contribution is -2.11. The largest absolute Gasteiger partial charge is 0.480 e. The highest BCUT2D eigenvalue weighted by molar-refractivity contribution is 7.98. The maximum absolute atomic E-state index is 10.5. The lowest BCUT2D eigenvalue weighted by Gasteiger charge is -1.99. The Morgan fingerprint density at radius 2 is 2.47 bits per heavy atom. The number of thiazole rings is 1. The number of tetrazole rings is 1. The number of carboxylic acids is 1. The molecular formula is C7H6ClN5O2S2. The molecule has 2 aromatic heterocycles. The van der Waals surface area contributed by atoms with Crippen LogP contribution in [0.4, 0.5) is 0 Å². The summed E-state index contributed by atoms with van der Waals surface area (Å²) in [7, 11) is 0. The minimum absolute atomic E-state index is 0.251. The van der Waals surface area contributed by atoms with E-state index in [0.29, 0.717) is 15.4 Å². The molecule has 90 valence electrons. The predicted molar refractivity (Wildman–Crippen MR) is 62.1 cm³/mol. The van der Waals surface area contributed by atoms with Crippen LogP contribution in [-0.4, -0.2) is 36.3 Å². The van der Waals surface area contributed by atoms with E-state index in [2.05, 4.69) is 20.5 Å². The highest BCUT2D eigenvalue weighted by Crippen LogP contribution is 2.25. The van der Waals surface area contributed by atoms with Crippen molar-refractivity contribution < 1.29 is 9.90 Å². The predicted octanol–water partition coefficient (Wildman–Crippen LogP) is 1.16. The quantitative estimate of drug-likeness (QED) is 0.826. The van der Waals surface area contributed by atoms with E-state index in [4.69, 9.17) is 16.7 Å². The van der Waals surface area contributed by atoms with E-state index in [1.54, 1.807) is 6.20 Å². The minimum atomic E-state index is -0.986. The SMILES string of the molecule is O=C(O)Cn1nnnc1SCc1cnc(Cl)s1. The number of thioether (sulfide) groups is 1. The third-order valence-electron chi connectivity index (χ3n) is 1.65. The molecule has 2 aromatic rings. The van der Waals surface area contributed by atoms with Gasteiger partial charge in [-0.25, -0.2) is 9.67 Å². The number of hydrogen-bond acceptors (Lipinski definition) is 7. The number of halogens is 1. The van der Waals surface area contributed by atoms with E-state index in [9.17, 15) is 4.79 Å². The van der Waals surface area contributed by atoms with Crippen molar-refractivity contribution in [1.82, 2.24) is 25.2 Å².